The van der Waals surface area contributed by atoms with Crippen LogP contribution >= 0.6 is 0 Å². The molecule has 1 aromatic heterocycles. The van der Waals surface area contributed by atoms with Gasteiger partial charge in [-0.05, 0) is 43.2 Å². The molecule has 0 saturated heterocycles. The number of benzene rings is 4. The van der Waals surface area contributed by atoms with Crippen LogP contribution in [0.5, 0.6) is 0 Å². The number of carbonyl (C=O) groups is 1. The molecule has 0 fully saturated rings. The molecule has 0 spiro atoms. The Kier molecular flexibility index (Phi) is 4.27. The van der Waals surface area contributed by atoms with Crippen molar-refractivity contribution in [2.24, 2.45) is 0 Å². The number of aromatic nitrogens is 1. The van der Waals surface area contributed by atoms with Gasteiger partial charge in [0.1, 0.15) is 0 Å². The van der Waals surface area contributed by atoms with Crippen molar-refractivity contribution in [2.45, 2.75) is 19.4 Å². The average molecular weight is 429 g/mol. The van der Waals surface area contributed by atoms with Gasteiger partial charge in [-0.2, -0.15) is 0 Å². The Hall–Kier alpha value is -4.11. The number of aryl methyl sites for hydroxylation is 2. The number of anilines is 1. The predicted octanol–water partition coefficient (Wildman–Crippen LogP) is 7.00. The van der Waals surface area contributed by atoms with Crippen molar-refractivity contribution in [1.29, 1.82) is 0 Å². The number of ketones is 1. The first-order chi connectivity index (χ1) is 16.1. The van der Waals surface area contributed by atoms with Crippen LogP contribution in [0.25, 0.3) is 22.2 Å². The van der Waals surface area contributed by atoms with E-state index in [0.29, 0.717) is 0 Å². The van der Waals surface area contributed by atoms with E-state index in [1.165, 1.54) is 5.56 Å². The monoisotopic (exact) mass is 428 g/mol. The molecule has 5 aromatic rings. The molecule has 2 N–H and O–H groups in total. The number of fused-ring (bicyclic) bond motifs is 2. The van der Waals surface area contributed by atoms with Crippen LogP contribution < -0.4 is 5.32 Å². The van der Waals surface area contributed by atoms with E-state index in [-0.39, 0.29) is 5.78 Å². The van der Waals surface area contributed by atoms with Crippen molar-refractivity contribution < 1.29 is 4.79 Å². The maximum atomic E-state index is 14.3. The third-order valence-corrected chi connectivity index (χ3v) is 6.74. The predicted molar refractivity (Wildman–Crippen MR) is 135 cm³/mol. The highest BCUT2D eigenvalue weighted by Gasteiger charge is 2.50. The summed E-state index contributed by atoms with van der Waals surface area (Å²) in [4.78, 5) is 17.9. The molecular weight excluding hydrogens is 404 g/mol. The van der Waals surface area contributed by atoms with Gasteiger partial charge in [0.15, 0.2) is 11.3 Å². The maximum absolute atomic E-state index is 14.3. The van der Waals surface area contributed by atoms with E-state index in [1.807, 2.05) is 36.4 Å². The molecule has 2 heterocycles. The van der Waals surface area contributed by atoms with Gasteiger partial charge < -0.3 is 10.3 Å². The summed E-state index contributed by atoms with van der Waals surface area (Å²) in [7, 11) is 0. The van der Waals surface area contributed by atoms with Gasteiger partial charge in [0.25, 0.3) is 0 Å². The van der Waals surface area contributed by atoms with Crippen molar-refractivity contribution in [1.82, 2.24) is 4.98 Å². The third-order valence-electron chi connectivity index (χ3n) is 6.74. The van der Waals surface area contributed by atoms with Gasteiger partial charge in [0.05, 0.1) is 5.69 Å². The molecule has 1 aliphatic heterocycles. The van der Waals surface area contributed by atoms with Crippen molar-refractivity contribution in [2.75, 3.05) is 5.32 Å². The molecule has 6 rings (SSSR count). The molecule has 0 unspecified atom stereocenters. The van der Waals surface area contributed by atoms with E-state index in [1.54, 1.807) is 0 Å². The first-order valence-electron chi connectivity index (χ1n) is 11.3. The average Bonchev–Trinajstić information content (AvgIpc) is 3.37. The lowest BCUT2D eigenvalue weighted by Gasteiger charge is -2.31. The summed E-state index contributed by atoms with van der Waals surface area (Å²) in [6, 6.07) is 32.8. The summed E-state index contributed by atoms with van der Waals surface area (Å²) in [5, 5.41) is 4.72. The van der Waals surface area contributed by atoms with Crippen LogP contribution in [-0.2, 0) is 5.54 Å². The van der Waals surface area contributed by atoms with Crippen LogP contribution in [0.15, 0.2) is 97.1 Å². The highest BCUT2D eigenvalue weighted by Crippen LogP contribution is 2.49. The van der Waals surface area contributed by atoms with Crippen LogP contribution in [0, 0.1) is 13.8 Å². The summed E-state index contributed by atoms with van der Waals surface area (Å²) in [5.41, 5.74) is 7.86. The number of para-hydroxylation sites is 2. The summed E-state index contributed by atoms with van der Waals surface area (Å²) in [5.74, 6) is 0.0695. The lowest BCUT2D eigenvalue weighted by atomic mass is 9.77. The van der Waals surface area contributed by atoms with Gasteiger partial charge in [-0.25, -0.2) is 0 Å². The summed E-state index contributed by atoms with van der Waals surface area (Å²) in [6.45, 7) is 4.15. The van der Waals surface area contributed by atoms with Gasteiger partial charge in [0.2, 0.25) is 0 Å². The molecule has 3 nitrogen and oxygen atoms in total. The van der Waals surface area contributed by atoms with Crippen molar-refractivity contribution >= 4 is 22.4 Å². The summed E-state index contributed by atoms with van der Waals surface area (Å²) in [6.07, 6.45) is 0. The first-order valence-corrected chi connectivity index (χ1v) is 11.3. The second-order valence-electron chi connectivity index (χ2n) is 8.90. The molecule has 4 aromatic carbocycles. The lowest BCUT2D eigenvalue weighted by Crippen LogP contribution is -2.40. The SMILES string of the molecule is Cc1ccc(-c2[nH]c3ccccc3c2[C@@]2(c3ccc(C)cc3)Nc3ccccc3C2=O)cc1. The van der Waals surface area contributed by atoms with Crippen molar-refractivity contribution in [3.05, 3.63) is 125 Å². The third kappa shape index (κ3) is 2.86. The zero-order valence-electron chi connectivity index (χ0n) is 18.6. The normalized spacial score (nSPS) is 17.2. The number of Topliss-reactive ketones (excluding diaryl/α,β-unsaturated/α-hetero) is 1. The van der Waals surface area contributed by atoms with E-state index >= 15 is 0 Å². The smallest absolute Gasteiger partial charge is 0.199 e. The Bertz CT molecular complexity index is 1510. The number of hydrogen-bond donors (Lipinski definition) is 2. The molecule has 0 saturated carbocycles. The minimum Gasteiger partial charge on any atom is -0.365 e. The van der Waals surface area contributed by atoms with Crippen LogP contribution in [-0.4, -0.2) is 10.8 Å². The number of H-pyrrole nitrogens is 1. The van der Waals surface area contributed by atoms with Gasteiger partial charge >= 0.3 is 0 Å². The number of nitrogens with one attached hydrogen (secondary N) is 2. The van der Waals surface area contributed by atoms with Crippen LogP contribution in [0.4, 0.5) is 5.69 Å². The second kappa shape index (κ2) is 7.21. The van der Waals surface area contributed by atoms with Crippen LogP contribution in [0.2, 0.25) is 0 Å². The fourth-order valence-corrected chi connectivity index (χ4v) is 5.05. The zero-order chi connectivity index (χ0) is 22.6. The summed E-state index contributed by atoms with van der Waals surface area (Å²) < 4.78 is 0. The van der Waals surface area contributed by atoms with Gasteiger partial charge in [-0.3, -0.25) is 4.79 Å². The van der Waals surface area contributed by atoms with Crippen LogP contribution in [0.3, 0.4) is 0 Å². The minimum absolute atomic E-state index is 0.0695. The Balaban J connectivity index is 1.73. The quantitative estimate of drug-likeness (QED) is 0.325. The number of rotatable bonds is 3. The van der Waals surface area contributed by atoms with E-state index in [4.69, 9.17) is 0 Å². The molecule has 3 heteroatoms. The number of aromatic amines is 1. The van der Waals surface area contributed by atoms with Gasteiger partial charge in [-0.1, -0.05) is 90.0 Å². The lowest BCUT2D eigenvalue weighted by molar-refractivity contribution is 0.0942. The van der Waals surface area contributed by atoms with E-state index < -0.39 is 5.54 Å². The largest absolute Gasteiger partial charge is 0.365 e. The Morgan fingerprint density at radius 1 is 0.697 bits per heavy atom. The maximum Gasteiger partial charge on any atom is 0.199 e. The topological polar surface area (TPSA) is 44.9 Å². The number of hydrogen-bond acceptors (Lipinski definition) is 2. The second-order valence-corrected chi connectivity index (χ2v) is 8.90. The summed E-state index contributed by atoms with van der Waals surface area (Å²) >= 11 is 0. The fraction of sp³-hybridized carbons (Fsp3) is 0.100. The van der Waals surface area contributed by atoms with Crippen LogP contribution in [0.1, 0.15) is 32.6 Å². The first kappa shape index (κ1) is 19.6. The van der Waals surface area contributed by atoms with E-state index in [0.717, 1.165) is 50.1 Å². The molecule has 0 bridgehead atoms. The van der Waals surface area contributed by atoms with E-state index in [9.17, 15) is 4.79 Å². The Morgan fingerprint density at radius 2 is 1.33 bits per heavy atom. The molecule has 0 aliphatic carbocycles. The Morgan fingerprint density at radius 3 is 2.06 bits per heavy atom. The Labute approximate surface area is 193 Å². The highest BCUT2D eigenvalue weighted by atomic mass is 16.1. The molecule has 0 amide bonds. The van der Waals surface area contributed by atoms with E-state index in [2.05, 4.69) is 84.8 Å². The molecule has 1 atom stereocenters. The van der Waals surface area contributed by atoms with Gasteiger partial charge in [-0.15, -0.1) is 0 Å². The zero-order valence-corrected chi connectivity index (χ0v) is 18.6. The highest BCUT2D eigenvalue weighted by molar-refractivity contribution is 6.18. The van der Waals surface area contributed by atoms with Crippen molar-refractivity contribution in [3.63, 3.8) is 0 Å². The fourth-order valence-electron chi connectivity index (χ4n) is 5.05. The molecule has 33 heavy (non-hydrogen) atoms. The number of carbonyl (C=O) groups excluding carboxylic acids is 1. The molecule has 1 aliphatic rings. The molecule has 160 valence electrons. The minimum atomic E-state index is -1.03. The van der Waals surface area contributed by atoms with Gasteiger partial charge in [0, 0.05) is 27.7 Å². The van der Waals surface area contributed by atoms with Crippen molar-refractivity contribution in [3.8, 4) is 11.3 Å². The standard InChI is InChI=1S/C30H24N2O/c1-19-11-15-21(16-12-19)28-27(23-7-3-5-9-25(23)31-28)30(22-17-13-20(2)14-18-22)29(33)24-8-4-6-10-26(24)32-30/h3-18,31-32H,1-2H3/t30-/m1/s1. The molecular formula is C30H24N2O. The molecule has 0 radical (unpaired) electrons.